The molecule has 114 valence electrons. The Morgan fingerprint density at radius 1 is 1.14 bits per heavy atom. The van der Waals surface area contributed by atoms with E-state index in [9.17, 15) is 0 Å². The van der Waals surface area contributed by atoms with Crippen molar-refractivity contribution in [2.75, 3.05) is 19.6 Å². The summed E-state index contributed by atoms with van der Waals surface area (Å²) in [7, 11) is 0. The van der Waals surface area contributed by atoms with Gasteiger partial charge in [0.1, 0.15) is 0 Å². The first kappa shape index (κ1) is 13.9. The van der Waals surface area contributed by atoms with Crippen LogP contribution in [-0.4, -0.2) is 29.6 Å². The molecule has 3 aliphatic heterocycles. The van der Waals surface area contributed by atoms with E-state index in [0.29, 0.717) is 5.92 Å². The van der Waals surface area contributed by atoms with Crippen molar-refractivity contribution in [2.24, 2.45) is 5.92 Å². The van der Waals surface area contributed by atoms with Crippen LogP contribution in [0, 0.1) is 12.8 Å². The quantitative estimate of drug-likeness (QED) is 0.920. The van der Waals surface area contributed by atoms with Gasteiger partial charge < -0.3 is 0 Å². The molecule has 3 nitrogen and oxygen atoms in total. The fourth-order valence-corrected chi connectivity index (χ4v) is 3.96. The van der Waals surface area contributed by atoms with Crippen molar-refractivity contribution in [3.63, 3.8) is 0 Å². The van der Waals surface area contributed by atoms with Crippen molar-refractivity contribution >= 4 is 0 Å². The van der Waals surface area contributed by atoms with Gasteiger partial charge in [0, 0.05) is 43.0 Å². The lowest BCUT2D eigenvalue weighted by atomic mass is 9.79. The largest absolute Gasteiger partial charge is 0.261 e. The molecule has 1 aromatic heterocycles. The molecule has 2 bridgehead atoms. The van der Waals surface area contributed by atoms with Crippen LogP contribution in [0.2, 0.25) is 0 Å². The molecule has 0 radical (unpaired) electrons. The molecule has 2 aromatic rings. The molecule has 0 saturated carbocycles. The molecule has 0 amide bonds. The van der Waals surface area contributed by atoms with Gasteiger partial charge in [-0.05, 0) is 42.9 Å². The van der Waals surface area contributed by atoms with Gasteiger partial charge in [-0.2, -0.15) is 0 Å². The number of piperidine rings is 1. The summed E-state index contributed by atoms with van der Waals surface area (Å²) in [5, 5.41) is 2.40. The van der Waals surface area contributed by atoms with Crippen molar-refractivity contribution in [3.05, 3.63) is 53.9 Å². The van der Waals surface area contributed by atoms with Crippen molar-refractivity contribution in [1.29, 1.82) is 0 Å². The third-order valence-corrected chi connectivity index (χ3v) is 5.20. The van der Waals surface area contributed by atoms with Gasteiger partial charge in [0.25, 0.3) is 0 Å². The monoisotopic (exact) mass is 293 g/mol. The molecule has 3 aliphatic rings. The zero-order chi connectivity index (χ0) is 14.9. The number of aromatic nitrogens is 1. The molecule has 1 atom stereocenters. The van der Waals surface area contributed by atoms with Crippen LogP contribution in [0.25, 0.3) is 11.1 Å². The van der Waals surface area contributed by atoms with Crippen LogP contribution in [0.5, 0.6) is 0 Å². The Morgan fingerprint density at radius 2 is 1.91 bits per heavy atom. The van der Waals surface area contributed by atoms with E-state index in [1.807, 2.05) is 0 Å². The van der Waals surface area contributed by atoms with Gasteiger partial charge in [-0.1, -0.05) is 30.3 Å². The smallest absolute Gasteiger partial charge is 0.0375 e. The number of hydrazine groups is 1. The number of rotatable bonds is 2. The predicted octanol–water partition coefficient (Wildman–Crippen LogP) is 3.37. The van der Waals surface area contributed by atoms with Gasteiger partial charge in [-0.15, -0.1) is 0 Å². The van der Waals surface area contributed by atoms with Crippen LogP contribution in [0.15, 0.2) is 42.6 Å². The Hall–Kier alpha value is -1.71. The third kappa shape index (κ3) is 2.55. The maximum atomic E-state index is 4.56. The summed E-state index contributed by atoms with van der Waals surface area (Å²) >= 11 is 0. The molecule has 1 unspecified atom stereocenters. The van der Waals surface area contributed by atoms with Crippen LogP contribution < -0.4 is 5.43 Å². The van der Waals surface area contributed by atoms with E-state index >= 15 is 0 Å². The second-order valence-corrected chi connectivity index (χ2v) is 6.57. The van der Waals surface area contributed by atoms with Crippen LogP contribution in [-0.2, 0) is 0 Å². The van der Waals surface area contributed by atoms with Crippen molar-refractivity contribution in [3.8, 4) is 11.1 Å². The lowest BCUT2D eigenvalue weighted by Crippen LogP contribution is -2.39. The molecular weight excluding hydrogens is 270 g/mol. The minimum atomic E-state index is 0.587. The molecule has 4 heterocycles. The number of hydrogen-bond acceptors (Lipinski definition) is 3. The highest BCUT2D eigenvalue weighted by Gasteiger charge is 2.33. The van der Waals surface area contributed by atoms with Gasteiger partial charge >= 0.3 is 0 Å². The standard InChI is InChI=1S/C19H23N3/c1-14-11-17(18(12-20-14)15-5-3-2-4-6-15)19-13-21-22-9-7-16(19)8-10-22/h2-6,11-12,16,19,21H,7-10,13H2,1H3. The highest BCUT2D eigenvalue weighted by atomic mass is 15.5. The molecule has 0 aliphatic carbocycles. The summed E-state index contributed by atoms with van der Waals surface area (Å²) in [6, 6.07) is 13.0. The topological polar surface area (TPSA) is 28.2 Å². The minimum absolute atomic E-state index is 0.587. The van der Waals surface area contributed by atoms with Gasteiger partial charge in [-0.25, -0.2) is 5.01 Å². The van der Waals surface area contributed by atoms with Gasteiger partial charge in [0.15, 0.2) is 0 Å². The molecule has 3 heteroatoms. The molecule has 1 N–H and O–H groups in total. The summed E-state index contributed by atoms with van der Waals surface area (Å²) in [6.45, 7) is 5.52. The van der Waals surface area contributed by atoms with Crippen molar-refractivity contribution in [1.82, 2.24) is 15.4 Å². The average Bonchev–Trinajstić information content (AvgIpc) is 2.89. The number of aryl methyl sites for hydroxylation is 1. The Bertz CT molecular complexity index is 645. The Kier molecular flexibility index (Phi) is 3.68. The van der Waals surface area contributed by atoms with E-state index in [2.05, 4.69) is 64.9 Å². The predicted molar refractivity (Wildman–Crippen MR) is 89.5 cm³/mol. The molecule has 22 heavy (non-hydrogen) atoms. The fourth-order valence-electron chi connectivity index (χ4n) is 3.96. The number of benzene rings is 1. The van der Waals surface area contributed by atoms with Crippen LogP contribution in [0.3, 0.4) is 0 Å². The molecule has 0 spiro atoms. The van der Waals surface area contributed by atoms with E-state index in [1.165, 1.54) is 42.6 Å². The normalized spacial score (nSPS) is 27.6. The number of nitrogens with one attached hydrogen (secondary N) is 1. The summed E-state index contributed by atoms with van der Waals surface area (Å²) in [4.78, 5) is 4.56. The zero-order valence-corrected chi connectivity index (χ0v) is 13.1. The minimum Gasteiger partial charge on any atom is -0.261 e. The van der Waals surface area contributed by atoms with Gasteiger partial charge in [-0.3, -0.25) is 10.4 Å². The number of pyridine rings is 1. The maximum Gasteiger partial charge on any atom is 0.0375 e. The lowest BCUT2D eigenvalue weighted by Gasteiger charge is -2.29. The second kappa shape index (κ2) is 5.82. The third-order valence-electron chi connectivity index (χ3n) is 5.20. The van der Waals surface area contributed by atoms with Crippen molar-refractivity contribution < 1.29 is 0 Å². The number of nitrogens with zero attached hydrogens (tertiary/aromatic N) is 2. The molecule has 3 saturated heterocycles. The van der Waals surface area contributed by atoms with E-state index in [0.717, 1.165) is 18.2 Å². The van der Waals surface area contributed by atoms with Gasteiger partial charge in [0.2, 0.25) is 0 Å². The molecular formula is C19H23N3. The molecule has 5 rings (SSSR count). The first-order chi connectivity index (χ1) is 10.8. The van der Waals surface area contributed by atoms with Gasteiger partial charge in [0.05, 0.1) is 0 Å². The summed E-state index contributed by atoms with van der Waals surface area (Å²) in [6.07, 6.45) is 4.66. The first-order valence-corrected chi connectivity index (χ1v) is 8.31. The fraction of sp³-hybridized carbons (Fsp3) is 0.421. The van der Waals surface area contributed by atoms with Crippen molar-refractivity contribution in [2.45, 2.75) is 25.7 Å². The SMILES string of the molecule is Cc1cc(C2CNN3CCC2CC3)c(-c2ccccc2)cn1. The molecule has 1 aromatic carbocycles. The van der Waals surface area contributed by atoms with E-state index < -0.39 is 0 Å². The zero-order valence-electron chi connectivity index (χ0n) is 13.1. The Morgan fingerprint density at radius 3 is 2.68 bits per heavy atom. The van der Waals surface area contributed by atoms with Crippen LogP contribution in [0.1, 0.15) is 30.0 Å². The maximum absolute atomic E-state index is 4.56. The summed E-state index contributed by atoms with van der Waals surface area (Å²) in [5.41, 5.74) is 8.81. The van der Waals surface area contributed by atoms with E-state index in [-0.39, 0.29) is 0 Å². The summed E-state index contributed by atoms with van der Waals surface area (Å²) in [5.74, 6) is 1.37. The number of fused-ring (bicyclic) bond motifs is 4. The molecule has 3 fully saturated rings. The number of hydrogen-bond donors (Lipinski definition) is 1. The van der Waals surface area contributed by atoms with E-state index in [1.54, 1.807) is 0 Å². The summed E-state index contributed by atoms with van der Waals surface area (Å²) < 4.78 is 0. The highest BCUT2D eigenvalue weighted by molar-refractivity contribution is 5.67. The Labute approximate surface area is 132 Å². The van der Waals surface area contributed by atoms with Crippen LogP contribution in [0.4, 0.5) is 0 Å². The first-order valence-electron chi connectivity index (χ1n) is 8.31. The average molecular weight is 293 g/mol. The highest BCUT2D eigenvalue weighted by Crippen LogP contribution is 2.39. The van der Waals surface area contributed by atoms with Crippen LogP contribution >= 0.6 is 0 Å². The Balaban J connectivity index is 1.78. The second-order valence-electron chi connectivity index (χ2n) is 6.57. The van der Waals surface area contributed by atoms with E-state index in [4.69, 9.17) is 0 Å². The lowest BCUT2D eigenvalue weighted by molar-refractivity contribution is 0.165.